The van der Waals surface area contributed by atoms with E-state index in [1.165, 1.54) is 0 Å². The van der Waals surface area contributed by atoms with Gasteiger partial charge in [-0.25, -0.2) is 4.79 Å². The molecular formula is C14H15NO4. The fourth-order valence-electron chi connectivity index (χ4n) is 1.86. The molecule has 2 N–H and O–H groups in total. The lowest BCUT2D eigenvalue weighted by Gasteiger charge is -2.21. The normalized spacial score (nSPS) is 14.5. The van der Waals surface area contributed by atoms with Crippen LogP contribution < -0.4 is 0 Å². The third-order valence-electron chi connectivity index (χ3n) is 2.90. The highest BCUT2D eigenvalue weighted by atomic mass is 16.4. The van der Waals surface area contributed by atoms with E-state index >= 15 is 0 Å². The Morgan fingerprint density at radius 1 is 1.32 bits per heavy atom. The van der Waals surface area contributed by atoms with E-state index in [9.17, 15) is 14.7 Å². The van der Waals surface area contributed by atoms with Gasteiger partial charge in [-0.05, 0) is 30.5 Å². The first-order valence-electron chi connectivity index (χ1n) is 6.06. The number of benzene rings is 1. The SMILES string of the molecule is O=C(O)/C=C/C(=O)N(Cc1cccc(O)c1)C1CC1. The highest BCUT2D eigenvalue weighted by Crippen LogP contribution is 2.29. The highest BCUT2D eigenvalue weighted by Gasteiger charge is 2.31. The molecule has 1 aliphatic rings. The van der Waals surface area contributed by atoms with E-state index < -0.39 is 5.97 Å². The second-order valence-electron chi connectivity index (χ2n) is 4.54. The molecule has 0 saturated heterocycles. The van der Waals surface area contributed by atoms with Crippen molar-refractivity contribution in [2.45, 2.75) is 25.4 Å². The van der Waals surface area contributed by atoms with E-state index in [2.05, 4.69) is 0 Å². The van der Waals surface area contributed by atoms with Crippen LogP contribution in [-0.2, 0) is 16.1 Å². The summed E-state index contributed by atoms with van der Waals surface area (Å²) in [6, 6.07) is 6.88. The number of nitrogens with zero attached hydrogens (tertiary/aromatic N) is 1. The number of amides is 1. The quantitative estimate of drug-likeness (QED) is 0.788. The molecule has 5 heteroatoms. The Kier molecular flexibility index (Phi) is 3.85. The molecule has 1 fully saturated rings. The van der Waals surface area contributed by atoms with Gasteiger partial charge in [0.25, 0.3) is 0 Å². The number of hydrogen-bond acceptors (Lipinski definition) is 3. The molecule has 0 spiro atoms. The van der Waals surface area contributed by atoms with Gasteiger partial charge in [-0.15, -0.1) is 0 Å². The molecule has 1 amide bonds. The number of phenols is 1. The summed E-state index contributed by atoms with van der Waals surface area (Å²) in [5.41, 5.74) is 0.823. The molecule has 1 aromatic carbocycles. The predicted molar refractivity (Wildman–Crippen MR) is 68.5 cm³/mol. The second kappa shape index (κ2) is 5.56. The van der Waals surface area contributed by atoms with Crippen LogP contribution in [0.3, 0.4) is 0 Å². The maximum atomic E-state index is 11.9. The van der Waals surface area contributed by atoms with Crippen molar-refractivity contribution in [3.05, 3.63) is 42.0 Å². The summed E-state index contributed by atoms with van der Waals surface area (Å²) in [5, 5.41) is 17.9. The molecular weight excluding hydrogens is 246 g/mol. The standard InChI is InChI=1S/C14H15NO4/c16-12-3-1-2-10(8-12)9-15(11-4-5-11)13(17)6-7-14(18)19/h1-3,6-8,11,16H,4-5,9H2,(H,18,19)/b7-6+. The van der Waals surface area contributed by atoms with Crippen LogP contribution in [0.2, 0.25) is 0 Å². The van der Waals surface area contributed by atoms with Crippen LogP contribution >= 0.6 is 0 Å². The Labute approximate surface area is 110 Å². The van der Waals surface area contributed by atoms with Gasteiger partial charge < -0.3 is 15.1 Å². The van der Waals surface area contributed by atoms with E-state index in [-0.39, 0.29) is 17.7 Å². The fraction of sp³-hybridized carbons (Fsp3) is 0.286. The lowest BCUT2D eigenvalue weighted by atomic mass is 10.2. The second-order valence-corrected chi connectivity index (χ2v) is 4.54. The van der Waals surface area contributed by atoms with Crippen molar-refractivity contribution >= 4 is 11.9 Å². The minimum Gasteiger partial charge on any atom is -0.508 e. The number of carbonyl (C=O) groups is 2. The number of hydrogen-bond donors (Lipinski definition) is 2. The molecule has 100 valence electrons. The van der Waals surface area contributed by atoms with Crippen molar-refractivity contribution < 1.29 is 19.8 Å². The van der Waals surface area contributed by atoms with Gasteiger partial charge in [0.2, 0.25) is 5.91 Å². The van der Waals surface area contributed by atoms with Crippen LogP contribution in [0, 0.1) is 0 Å². The maximum absolute atomic E-state index is 11.9. The Morgan fingerprint density at radius 2 is 2.05 bits per heavy atom. The predicted octanol–water partition coefficient (Wildman–Crippen LogP) is 1.52. The number of aliphatic carboxylic acids is 1. The van der Waals surface area contributed by atoms with Gasteiger partial charge in [-0.3, -0.25) is 4.79 Å². The smallest absolute Gasteiger partial charge is 0.328 e. The van der Waals surface area contributed by atoms with Crippen molar-refractivity contribution in [1.82, 2.24) is 4.90 Å². The van der Waals surface area contributed by atoms with Crippen molar-refractivity contribution in [2.75, 3.05) is 0 Å². The van der Waals surface area contributed by atoms with Crippen LogP contribution in [0.4, 0.5) is 0 Å². The zero-order valence-electron chi connectivity index (χ0n) is 10.3. The van der Waals surface area contributed by atoms with Crippen molar-refractivity contribution in [1.29, 1.82) is 0 Å². The molecule has 0 radical (unpaired) electrons. The minimum absolute atomic E-state index is 0.154. The molecule has 1 aromatic rings. The number of carboxylic acids is 1. The Bertz CT molecular complexity index is 520. The summed E-state index contributed by atoms with van der Waals surface area (Å²) < 4.78 is 0. The third kappa shape index (κ3) is 3.84. The van der Waals surface area contributed by atoms with Crippen molar-refractivity contribution in [3.8, 4) is 5.75 Å². The average molecular weight is 261 g/mol. The van der Waals surface area contributed by atoms with E-state index in [4.69, 9.17) is 5.11 Å². The molecule has 0 atom stereocenters. The number of carbonyl (C=O) groups excluding carboxylic acids is 1. The van der Waals surface area contributed by atoms with Crippen LogP contribution in [0.25, 0.3) is 0 Å². The summed E-state index contributed by atoms with van der Waals surface area (Å²) in [7, 11) is 0. The lowest BCUT2D eigenvalue weighted by Crippen LogP contribution is -2.31. The number of carboxylic acid groups (broad SMARTS) is 1. The van der Waals surface area contributed by atoms with E-state index in [0.29, 0.717) is 6.54 Å². The van der Waals surface area contributed by atoms with Crippen LogP contribution in [0.15, 0.2) is 36.4 Å². The molecule has 0 aliphatic heterocycles. The van der Waals surface area contributed by atoms with Gasteiger partial charge >= 0.3 is 5.97 Å². The zero-order valence-corrected chi connectivity index (χ0v) is 10.3. The summed E-state index contributed by atoms with van der Waals surface area (Å²) in [5.74, 6) is -1.29. The number of aromatic hydroxyl groups is 1. The number of rotatable bonds is 5. The molecule has 19 heavy (non-hydrogen) atoms. The molecule has 2 rings (SSSR count). The highest BCUT2D eigenvalue weighted by molar-refractivity contribution is 5.94. The van der Waals surface area contributed by atoms with E-state index in [1.807, 2.05) is 6.07 Å². The Hall–Kier alpha value is -2.30. The topological polar surface area (TPSA) is 77.8 Å². The largest absolute Gasteiger partial charge is 0.508 e. The first-order chi connectivity index (χ1) is 9.06. The third-order valence-corrected chi connectivity index (χ3v) is 2.90. The van der Waals surface area contributed by atoms with Crippen molar-refractivity contribution in [2.24, 2.45) is 0 Å². The Morgan fingerprint density at radius 3 is 2.63 bits per heavy atom. The molecule has 0 aromatic heterocycles. The molecule has 1 saturated carbocycles. The molecule has 5 nitrogen and oxygen atoms in total. The molecule has 0 unspecified atom stereocenters. The van der Waals surface area contributed by atoms with E-state index in [1.54, 1.807) is 23.1 Å². The van der Waals surface area contributed by atoms with Gasteiger partial charge in [-0.2, -0.15) is 0 Å². The summed E-state index contributed by atoms with van der Waals surface area (Å²) in [6.45, 7) is 0.377. The average Bonchev–Trinajstić information content (AvgIpc) is 3.17. The summed E-state index contributed by atoms with van der Waals surface area (Å²) in [6.07, 6.45) is 3.79. The zero-order chi connectivity index (χ0) is 13.8. The summed E-state index contributed by atoms with van der Waals surface area (Å²) >= 11 is 0. The molecule has 0 heterocycles. The summed E-state index contributed by atoms with van der Waals surface area (Å²) in [4.78, 5) is 24.0. The molecule has 0 bridgehead atoms. The van der Waals surface area contributed by atoms with Crippen LogP contribution in [0.1, 0.15) is 18.4 Å². The minimum atomic E-state index is -1.14. The lowest BCUT2D eigenvalue weighted by molar-refractivity contribution is -0.132. The fourth-order valence-corrected chi connectivity index (χ4v) is 1.86. The monoisotopic (exact) mass is 261 g/mol. The Balaban J connectivity index is 2.08. The van der Waals surface area contributed by atoms with Gasteiger partial charge in [-0.1, -0.05) is 12.1 Å². The van der Waals surface area contributed by atoms with Gasteiger partial charge in [0, 0.05) is 24.7 Å². The van der Waals surface area contributed by atoms with E-state index in [0.717, 1.165) is 30.6 Å². The van der Waals surface area contributed by atoms with Crippen LogP contribution in [0.5, 0.6) is 5.75 Å². The van der Waals surface area contributed by atoms with Gasteiger partial charge in [0.15, 0.2) is 0 Å². The number of phenolic OH excluding ortho intramolecular Hbond substituents is 1. The maximum Gasteiger partial charge on any atom is 0.328 e. The van der Waals surface area contributed by atoms with Gasteiger partial charge in [0.1, 0.15) is 5.75 Å². The van der Waals surface area contributed by atoms with Crippen LogP contribution in [-0.4, -0.2) is 33.0 Å². The first-order valence-corrected chi connectivity index (χ1v) is 6.06. The first kappa shape index (κ1) is 13.1. The molecule has 1 aliphatic carbocycles. The van der Waals surface area contributed by atoms with Gasteiger partial charge in [0.05, 0.1) is 0 Å². The van der Waals surface area contributed by atoms with Crippen molar-refractivity contribution in [3.63, 3.8) is 0 Å².